The van der Waals surface area contributed by atoms with Crippen molar-refractivity contribution in [3.63, 3.8) is 0 Å². The summed E-state index contributed by atoms with van der Waals surface area (Å²) in [5, 5.41) is 30.9. The zero-order chi connectivity index (χ0) is 20.0. The Morgan fingerprint density at radius 1 is 1.29 bits per heavy atom. The number of carbonyl (C=O) groups is 1. The number of aliphatic carboxylic acids is 1. The zero-order valence-corrected chi connectivity index (χ0v) is 16.7. The first-order valence-corrected chi connectivity index (χ1v) is 9.90. The topological polar surface area (TPSA) is 88.2 Å². The Morgan fingerprint density at radius 2 is 2.07 bits per heavy atom. The predicted octanol–water partition coefficient (Wildman–Crippen LogP) is 3.90. The summed E-state index contributed by atoms with van der Waals surface area (Å²) in [6, 6.07) is 8.02. The van der Waals surface area contributed by atoms with Crippen LogP contribution in [0, 0.1) is 13.8 Å². The largest absolute Gasteiger partial charge is 0.481 e. The number of aryl methyl sites for hydroxylation is 3. The number of carboxylic acids is 1. The summed E-state index contributed by atoms with van der Waals surface area (Å²) in [5.74, 6) is -1.20. The fourth-order valence-corrected chi connectivity index (χ4v) is 4.93. The molecule has 2 aromatic heterocycles. The lowest BCUT2D eigenvalue weighted by molar-refractivity contribution is -0.137. The average molecular weight is 395 g/mol. The van der Waals surface area contributed by atoms with Crippen molar-refractivity contribution in [2.24, 2.45) is 7.05 Å². The molecule has 1 atom stereocenters. The number of hydrogen-bond donors (Lipinski definition) is 2. The minimum atomic E-state index is -0.864. The lowest BCUT2D eigenvalue weighted by Crippen LogP contribution is -2.11. The molecule has 144 valence electrons. The van der Waals surface area contributed by atoms with E-state index in [1.165, 1.54) is 0 Å². The summed E-state index contributed by atoms with van der Waals surface area (Å²) in [6.45, 7) is 3.89. The fraction of sp³-hybridized carbons (Fsp3) is 0.286. The number of nitrogens with zero attached hydrogens (tertiary/aromatic N) is 3. The van der Waals surface area contributed by atoms with Crippen LogP contribution in [0.1, 0.15) is 40.2 Å². The third-order valence-electron chi connectivity index (χ3n) is 5.34. The van der Waals surface area contributed by atoms with Crippen LogP contribution in [0.2, 0.25) is 0 Å². The SMILES string of the molecule is Cc1c([C@@H](CC(=O)O)c2cc(CO)c3sccc3c2)cc(C)c2c1nnn2C. The number of thiophene rings is 1. The van der Waals surface area contributed by atoms with Gasteiger partial charge >= 0.3 is 5.97 Å². The molecule has 28 heavy (non-hydrogen) atoms. The van der Waals surface area contributed by atoms with E-state index in [0.29, 0.717) is 0 Å². The van der Waals surface area contributed by atoms with Crippen LogP contribution in [0.15, 0.2) is 29.6 Å². The van der Waals surface area contributed by atoms with Crippen molar-refractivity contribution in [2.45, 2.75) is 32.8 Å². The molecule has 0 unspecified atom stereocenters. The van der Waals surface area contributed by atoms with Crippen LogP contribution in [0.4, 0.5) is 0 Å². The van der Waals surface area contributed by atoms with Crippen LogP contribution >= 0.6 is 11.3 Å². The van der Waals surface area contributed by atoms with Gasteiger partial charge in [0.1, 0.15) is 5.52 Å². The first-order valence-electron chi connectivity index (χ1n) is 9.02. The standard InChI is InChI=1S/C21H21N3O3S/c1-11-6-16(12(2)19-20(11)24(3)23-22-19)17(9-18(26)27)14-7-13-4-5-28-21(13)15(8-14)10-25/h4-8,17,25H,9-10H2,1-3H3,(H,26,27)/t17-/m0/s1. The molecule has 0 saturated heterocycles. The zero-order valence-electron chi connectivity index (χ0n) is 15.9. The fourth-order valence-electron chi connectivity index (χ4n) is 4.04. The van der Waals surface area contributed by atoms with E-state index in [4.69, 9.17) is 0 Å². The van der Waals surface area contributed by atoms with Gasteiger partial charge in [-0.05, 0) is 64.6 Å². The monoisotopic (exact) mass is 395 g/mol. The third kappa shape index (κ3) is 2.96. The van der Waals surface area contributed by atoms with Gasteiger partial charge in [0.05, 0.1) is 18.5 Å². The summed E-state index contributed by atoms with van der Waals surface area (Å²) in [5.41, 5.74) is 6.36. The van der Waals surface area contributed by atoms with E-state index < -0.39 is 5.97 Å². The molecule has 0 aliphatic carbocycles. The van der Waals surface area contributed by atoms with Gasteiger partial charge in [-0.2, -0.15) is 0 Å². The molecule has 2 N–H and O–H groups in total. The smallest absolute Gasteiger partial charge is 0.304 e. The van der Waals surface area contributed by atoms with E-state index in [2.05, 4.69) is 10.3 Å². The highest BCUT2D eigenvalue weighted by atomic mass is 32.1. The van der Waals surface area contributed by atoms with Crippen molar-refractivity contribution in [1.82, 2.24) is 15.0 Å². The van der Waals surface area contributed by atoms with E-state index in [-0.39, 0.29) is 18.9 Å². The summed E-state index contributed by atoms with van der Waals surface area (Å²) >= 11 is 1.58. The molecule has 0 radical (unpaired) electrons. The van der Waals surface area contributed by atoms with Gasteiger partial charge < -0.3 is 10.2 Å². The van der Waals surface area contributed by atoms with E-state index in [0.717, 1.165) is 48.9 Å². The van der Waals surface area contributed by atoms with E-state index >= 15 is 0 Å². The Labute approximate surface area is 166 Å². The lowest BCUT2D eigenvalue weighted by atomic mass is 9.83. The molecule has 0 bridgehead atoms. The molecule has 0 saturated carbocycles. The first-order chi connectivity index (χ1) is 13.4. The number of aromatic nitrogens is 3. The highest BCUT2D eigenvalue weighted by Crippen LogP contribution is 2.37. The summed E-state index contributed by atoms with van der Waals surface area (Å²) in [4.78, 5) is 11.7. The van der Waals surface area contributed by atoms with Gasteiger partial charge in [-0.25, -0.2) is 4.68 Å². The molecule has 0 aliphatic heterocycles. The van der Waals surface area contributed by atoms with E-state index in [1.807, 2.05) is 50.5 Å². The normalized spacial score (nSPS) is 12.7. The van der Waals surface area contributed by atoms with Gasteiger partial charge in [-0.3, -0.25) is 4.79 Å². The van der Waals surface area contributed by atoms with Crippen molar-refractivity contribution in [3.05, 3.63) is 57.5 Å². The Bertz CT molecular complexity index is 1210. The lowest BCUT2D eigenvalue weighted by Gasteiger charge is -2.21. The minimum absolute atomic E-state index is 0.0352. The second-order valence-corrected chi connectivity index (χ2v) is 8.06. The highest BCUT2D eigenvalue weighted by molar-refractivity contribution is 7.17. The first kappa shape index (κ1) is 18.6. The molecule has 0 aliphatic rings. The number of fused-ring (bicyclic) bond motifs is 2. The van der Waals surface area contributed by atoms with E-state index in [9.17, 15) is 15.0 Å². The number of hydrogen-bond acceptors (Lipinski definition) is 5. The molecule has 4 rings (SSSR count). The Hall–Kier alpha value is -2.77. The molecular formula is C21H21N3O3S. The minimum Gasteiger partial charge on any atom is -0.481 e. The van der Waals surface area contributed by atoms with Crippen molar-refractivity contribution in [3.8, 4) is 0 Å². The number of aliphatic hydroxyl groups excluding tert-OH is 1. The van der Waals surface area contributed by atoms with Crippen molar-refractivity contribution < 1.29 is 15.0 Å². The van der Waals surface area contributed by atoms with Crippen molar-refractivity contribution in [1.29, 1.82) is 0 Å². The maximum absolute atomic E-state index is 11.7. The summed E-state index contributed by atoms with van der Waals surface area (Å²) in [7, 11) is 1.86. The molecule has 6 nitrogen and oxygen atoms in total. The Morgan fingerprint density at radius 3 is 2.79 bits per heavy atom. The van der Waals surface area contributed by atoms with Gasteiger partial charge in [0, 0.05) is 17.7 Å². The molecule has 2 heterocycles. The van der Waals surface area contributed by atoms with Crippen LogP contribution in [-0.2, 0) is 18.4 Å². The number of aliphatic hydroxyl groups is 1. The molecular weight excluding hydrogens is 374 g/mol. The van der Waals surface area contributed by atoms with Crippen LogP contribution in [0.25, 0.3) is 21.1 Å². The number of rotatable bonds is 5. The highest BCUT2D eigenvalue weighted by Gasteiger charge is 2.24. The second kappa shape index (κ2) is 7.00. The second-order valence-electron chi connectivity index (χ2n) is 7.15. The molecule has 0 fully saturated rings. The van der Waals surface area contributed by atoms with Gasteiger partial charge in [-0.1, -0.05) is 17.3 Å². The van der Waals surface area contributed by atoms with Gasteiger partial charge in [-0.15, -0.1) is 16.4 Å². The quantitative estimate of drug-likeness (QED) is 0.535. The molecule has 2 aromatic carbocycles. The van der Waals surface area contributed by atoms with Gasteiger partial charge in [0.15, 0.2) is 0 Å². The maximum Gasteiger partial charge on any atom is 0.304 e. The molecule has 7 heteroatoms. The van der Waals surface area contributed by atoms with Crippen molar-refractivity contribution >= 4 is 38.4 Å². The average Bonchev–Trinajstić information content (AvgIpc) is 3.28. The predicted molar refractivity (Wildman–Crippen MR) is 110 cm³/mol. The number of benzene rings is 2. The maximum atomic E-state index is 11.7. The van der Waals surface area contributed by atoms with Crippen LogP contribution in [-0.4, -0.2) is 31.2 Å². The molecule has 4 aromatic rings. The van der Waals surface area contributed by atoms with Gasteiger partial charge in [0.2, 0.25) is 0 Å². The summed E-state index contributed by atoms with van der Waals surface area (Å²) < 4.78 is 2.78. The summed E-state index contributed by atoms with van der Waals surface area (Å²) in [6.07, 6.45) is -0.0352. The van der Waals surface area contributed by atoms with E-state index in [1.54, 1.807) is 16.0 Å². The molecule has 0 spiro atoms. The van der Waals surface area contributed by atoms with Crippen LogP contribution < -0.4 is 0 Å². The number of carboxylic acid groups (broad SMARTS) is 1. The van der Waals surface area contributed by atoms with Crippen molar-refractivity contribution in [2.75, 3.05) is 0 Å². The van der Waals surface area contributed by atoms with Crippen LogP contribution in [0.5, 0.6) is 0 Å². The Balaban J connectivity index is 1.96. The molecule has 0 amide bonds. The third-order valence-corrected chi connectivity index (χ3v) is 6.34. The Kier molecular flexibility index (Phi) is 4.64. The van der Waals surface area contributed by atoms with Gasteiger partial charge in [0.25, 0.3) is 0 Å². The van der Waals surface area contributed by atoms with Crippen LogP contribution in [0.3, 0.4) is 0 Å².